The van der Waals surface area contributed by atoms with Crippen LogP contribution in [0.25, 0.3) is 11.8 Å². The molecule has 0 amide bonds. The number of aliphatic hydroxyl groups is 1. The van der Waals surface area contributed by atoms with Gasteiger partial charge >= 0.3 is 5.97 Å². The molecule has 4 fully saturated rings. The summed E-state index contributed by atoms with van der Waals surface area (Å²) in [5.74, 6) is -0.274. The molecule has 0 spiro atoms. The summed E-state index contributed by atoms with van der Waals surface area (Å²) in [6, 6.07) is 6.38. The molecule has 7 atom stereocenters. The van der Waals surface area contributed by atoms with Crippen LogP contribution in [0.5, 0.6) is 0 Å². The summed E-state index contributed by atoms with van der Waals surface area (Å²) in [6.45, 7) is 4.34. The Hall–Kier alpha value is -2.45. The second-order valence-electron chi connectivity index (χ2n) is 13.5. The molecule has 5 aliphatic carbocycles. The van der Waals surface area contributed by atoms with Gasteiger partial charge in [0.15, 0.2) is 5.60 Å². The highest BCUT2D eigenvalue weighted by atomic mass is 32.1. The second kappa shape index (κ2) is 9.02. The van der Waals surface area contributed by atoms with Gasteiger partial charge in [0.05, 0.1) is 29.6 Å². The van der Waals surface area contributed by atoms with Crippen LogP contribution in [-0.2, 0) is 20.7 Å². The van der Waals surface area contributed by atoms with E-state index in [1.807, 2.05) is 10.9 Å². The van der Waals surface area contributed by atoms with Crippen LogP contribution in [0, 0.1) is 40.3 Å². The van der Waals surface area contributed by atoms with Gasteiger partial charge in [-0.15, -0.1) is 12.6 Å². The van der Waals surface area contributed by atoms with E-state index >= 15 is 0 Å². The van der Waals surface area contributed by atoms with E-state index in [9.17, 15) is 19.1 Å². The Bertz CT molecular complexity index is 1420. The number of rotatable bonds is 4. The SMILES string of the molecule is CC12Cc3cnn(-c4ccc(F)cc4)c3C=C1CCC1[C@@H]2C(O)CC2(C)[C@H]1CCC2(OC(=O)C1CCC1)C(=O)S. The largest absolute Gasteiger partial charge is 0.449 e. The number of benzene rings is 1. The van der Waals surface area contributed by atoms with Gasteiger partial charge in [0.1, 0.15) is 5.82 Å². The first-order chi connectivity index (χ1) is 19.1. The first kappa shape index (κ1) is 26.4. The topological polar surface area (TPSA) is 81.4 Å². The number of aliphatic hydroxyl groups excluding tert-OH is 1. The van der Waals surface area contributed by atoms with Crippen LogP contribution in [0.1, 0.15) is 76.5 Å². The first-order valence-corrected chi connectivity index (χ1v) is 15.2. The zero-order valence-corrected chi connectivity index (χ0v) is 24.0. The summed E-state index contributed by atoms with van der Waals surface area (Å²) >= 11 is 4.31. The lowest BCUT2D eigenvalue weighted by atomic mass is 9.45. The molecule has 5 unspecified atom stereocenters. The molecule has 0 bridgehead atoms. The third-order valence-corrected chi connectivity index (χ3v) is 12.0. The fraction of sp³-hybridized carbons (Fsp3) is 0.594. The maximum Gasteiger partial charge on any atom is 0.309 e. The molecule has 0 aliphatic heterocycles. The van der Waals surface area contributed by atoms with Crippen molar-refractivity contribution in [3.05, 3.63) is 53.1 Å². The van der Waals surface area contributed by atoms with Gasteiger partial charge in [-0.3, -0.25) is 9.59 Å². The maximum atomic E-state index is 13.5. The van der Waals surface area contributed by atoms with E-state index in [4.69, 9.17) is 4.74 Å². The summed E-state index contributed by atoms with van der Waals surface area (Å²) in [7, 11) is 0. The van der Waals surface area contributed by atoms with Crippen molar-refractivity contribution in [3.8, 4) is 5.69 Å². The van der Waals surface area contributed by atoms with Crippen LogP contribution in [0.4, 0.5) is 4.39 Å². The van der Waals surface area contributed by atoms with Crippen molar-refractivity contribution in [2.75, 3.05) is 0 Å². The summed E-state index contributed by atoms with van der Waals surface area (Å²) in [4.78, 5) is 26.2. The zero-order chi connectivity index (χ0) is 28.0. The first-order valence-electron chi connectivity index (χ1n) is 14.8. The minimum atomic E-state index is -1.29. The van der Waals surface area contributed by atoms with Gasteiger partial charge in [-0.2, -0.15) is 5.10 Å². The quantitative estimate of drug-likeness (QED) is 0.368. The third kappa shape index (κ3) is 3.54. The van der Waals surface area contributed by atoms with Crippen LogP contribution < -0.4 is 0 Å². The number of ether oxygens (including phenoxy) is 1. The highest BCUT2D eigenvalue weighted by Gasteiger charge is 2.70. The number of hydrogen-bond donors (Lipinski definition) is 2. The zero-order valence-electron chi connectivity index (χ0n) is 23.1. The molecule has 1 N–H and O–H groups in total. The minimum Gasteiger partial charge on any atom is -0.449 e. The lowest BCUT2D eigenvalue weighted by molar-refractivity contribution is -0.200. The van der Waals surface area contributed by atoms with E-state index < -0.39 is 17.1 Å². The van der Waals surface area contributed by atoms with Gasteiger partial charge in [0, 0.05) is 5.41 Å². The molecule has 5 aliphatic rings. The second-order valence-corrected chi connectivity index (χ2v) is 13.9. The van der Waals surface area contributed by atoms with Gasteiger partial charge < -0.3 is 9.84 Å². The highest BCUT2D eigenvalue weighted by molar-refractivity contribution is 7.96. The molecule has 0 saturated heterocycles. The van der Waals surface area contributed by atoms with E-state index in [1.165, 1.54) is 17.7 Å². The van der Waals surface area contributed by atoms with Gasteiger partial charge in [0.25, 0.3) is 0 Å². The molecule has 40 heavy (non-hydrogen) atoms. The van der Waals surface area contributed by atoms with Crippen LogP contribution >= 0.6 is 12.6 Å². The van der Waals surface area contributed by atoms with E-state index in [0.717, 1.165) is 61.9 Å². The highest BCUT2D eigenvalue weighted by Crippen LogP contribution is 2.68. The van der Waals surface area contributed by atoms with Crippen LogP contribution in [0.15, 0.2) is 36.0 Å². The number of esters is 1. The predicted molar refractivity (Wildman–Crippen MR) is 151 cm³/mol. The number of thiol groups is 1. The number of fused-ring (bicyclic) bond motifs is 6. The Morgan fingerprint density at radius 2 is 1.90 bits per heavy atom. The van der Waals surface area contributed by atoms with Crippen molar-refractivity contribution in [2.24, 2.45) is 34.5 Å². The van der Waals surface area contributed by atoms with Crippen molar-refractivity contribution in [3.63, 3.8) is 0 Å². The van der Waals surface area contributed by atoms with E-state index in [-0.39, 0.29) is 46.0 Å². The van der Waals surface area contributed by atoms with Crippen molar-refractivity contribution in [1.29, 1.82) is 0 Å². The number of halogens is 1. The monoisotopic (exact) mass is 564 g/mol. The van der Waals surface area contributed by atoms with Crippen molar-refractivity contribution in [2.45, 2.75) is 83.3 Å². The summed E-state index contributed by atoms with van der Waals surface area (Å²) < 4.78 is 21.6. The Balaban J connectivity index is 1.22. The fourth-order valence-corrected chi connectivity index (χ4v) is 9.84. The molecule has 1 heterocycles. The molecule has 6 nitrogen and oxygen atoms in total. The lowest BCUT2D eigenvalue weighted by Crippen LogP contribution is -2.62. The summed E-state index contributed by atoms with van der Waals surface area (Å²) in [5.41, 5.74) is 2.10. The molecule has 4 saturated carbocycles. The smallest absolute Gasteiger partial charge is 0.309 e. The van der Waals surface area contributed by atoms with E-state index in [0.29, 0.717) is 12.8 Å². The van der Waals surface area contributed by atoms with Crippen LogP contribution in [-0.4, -0.2) is 37.7 Å². The number of carbonyl (C=O) groups excluding carboxylic acids is 2. The number of allylic oxidation sites excluding steroid dienone is 1. The Labute approximate surface area is 239 Å². The Kier molecular flexibility index (Phi) is 5.97. The number of aromatic nitrogens is 2. The normalized spacial score (nSPS) is 38.3. The predicted octanol–water partition coefficient (Wildman–Crippen LogP) is 5.70. The molecular weight excluding hydrogens is 527 g/mol. The van der Waals surface area contributed by atoms with Crippen LogP contribution in [0.3, 0.4) is 0 Å². The molecule has 212 valence electrons. The number of hydrogen-bond acceptors (Lipinski definition) is 5. The van der Waals surface area contributed by atoms with Crippen molar-refractivity contribution < 1.29 is 23.8 Å². The molecule has 7 rings (SSSR count). The van der Waals surface area contributed by atoms with Gasteiger partial charge in [0.2, 0.25) is 5.12 Å². The standard InChI is InChI=1S/C32H37FN2O4S/c1-30-15-19-17-34-35(22-9-7-21(33)8-10-22)25(19)14-20(30)6-11-23-24-12-13-32(29(38)40,39-28(37)18-4-3-5-18)31(24,2)16-26(36)27(23)30/h7-10,14,17-18,23-24,26-27,36H,3-6,11-13,15-16H2,1-2H3,(H,38,40)/t23?,24-,26?,27+,30?,31?,32?/m0/s1. The molecular formula is C32H37FN2O4S. The Morgan fingerprint density at radius 1 is 1.15 bits per heavy atom. The van der Waals surface area contributed by atoms with Crippen molar-refractivity contribution >= 4 is 29.8 Å². The van der Waals surface area contributed by atoms with Gasteiger partial charge in [-0.25, -0.2) is 9.07 Å². The number of nitrogens with zero attached hydrogens (tertiary/aromatic N) is 2. The maximum absolute atomic E-state index is 13.5. The molecule has 2 aromatic rings. The minimum absolute atomic E-state index is 0.0287. The molecule has 1 aromatic carbocycles. The summed E-state index contributed by atoms with van der Waals surface area (Å²) in [5, 5.41) is 16.2. The average Bonchev–Trinajstić information content (AvgIpc) is 3.39. The van der Waals surface area contributed by atoms with E-state index in [2.05, 4.69) is 37.7 Å². The fourth-order valence-electron chi connectivity index (χ4n) is 9.42. The molecule has 1 aromatic heterocycles. The number of carbonyl (C=O) groups is 2. The lowest BCUT2D eigenvalue weighted by Gasteiger charge is -2.60. The molecule has 0 radical (unpaired) electrons. The average molecular weight is 565 g/mol. The van der Waals surface area contributed by atoms with Gasteiger partial charge in [-0.1, -0.05) is 25.8 Å². The third-order valence-electron chi connectivity index (χ3n) is 11.7. The molecule has 8 heteroatoms. The van der Waals surface area contributed by atoms with Crippen molar-refractivity contribution in [1.82, 2.24) is 9.78 Å². The Morgan fingerprint density at radius 3 is 2.58 bits per heavy atom. The van der Waals surface area contributed by atoms with Crippen LogP contribution in [0.2, 0.25) is 0 Å². The van der Waals surface area contributed by atoms with Gasteiger partial charge in [-0.05, 0) is 110 Å². The summed E-state index contributed by atoms with van der Waals surface area (Å²) in [6.07, 6.45) is 10.4. The van der Waals surface area contributed by atoms with E-state index in [1.54, 1.807) is 12.1 Å².